The van der Waals surface area contributed by atoms with E-state index in [1.54, 1.807) is 0 Å². The predicted molar refractivity (Wildman–Crippen MR) is 63.1 cm³/mol. The summed E-state index contributed by atoms with van der Waals surface area (Å²) in [6.45, 7) is 3.59. The molecule has 2 aliphatic rings. The number of methoxy groups -OCH3 is 1. The zero-order valence-corrected chi connectivity index (χ0v) is 10.3. The Bertz CT molecular complexity index is 220. The van der Waals surface area contributed by atoms with Crippen LogP contribution in [0.1, 0.15) is 38.5 Å². The molecular weight excluding hydrogens is 202 g/mol. The number of ether oxygens (including phenoxy) is 1. The first-order chi connectivity index (χ1) is 7.78. The van der Waals surface area contributed by atoms with Gasteiger partial charge in [-0.1, -0.05) is 0 Å². The molecule has 2 saturated carbocycles. The summed E-state index contributed by atoms with van der Waals surface area (Å²) in [6, 6.07) is 0. The minimum atomic E-state index is -0.0715. The average molecular weight is 225 g/mol. The second-order valence-corrected chi connectivity index (χ2v) is 5.33. The van der Waals surface area contributed by atoms with E-state index in [2.05, 4.69) is 9.64 Å². The molecule has 0 aromatic carbocycles. The van der Waals surface area contributed by atoms with Gasteiger partial charge in [-0.05, 0) is 50.5 Å². The standard InChI is InChI=1S/C13H23NO2/c1-16-13(15)3-2-8-14(9-11-4-5-11)10-12-6-7-12/h11-12H,2-10H2,1H3. The Hall–Kier alpha value is -0.570. The zero-order valence-electron chi connectivity index (χ0n) is 10.3. The van der Waals surface area contributed by atoms with Gasteiger partial charge in [-0.2, -0.15) is 0 Å². The van der Waals surface area contributed by atoms with E-state index in [4.69, 9.17) is 0 Å². The first-order valence-corrected chi connectivity index (χ1v) is 6.57. The number of esters is 1. The van der Waals surface area contributed by atoms with Crippen LogP contribution in [0.4, 0.5) is 0 Å². The lowest BCUT2D eigenvalue weighted by Gasteiger charge is -2.21. The molecule has 0 unspecified atom stereocenters. The topological polar surface area (TPSA) is 29.5 Å². The Balaban J connectivity index is 1.61. The molecule has 92 valence electrons. The Morgan fingerprint density at radius 1 is 1.19 bits per heavy atom. The minimum absolute atomic E-state index is 0.0715. The van der Waals surface area contributed by atoms with Crippen LogP contribution in [0, 0.1) is 11.8 Å². The second kappa shape index (κ2) is 5.67. The Morgan fingerprint density at radius 2 is 1.75 bits per heavy atom. The fraction of sp³-hybridized carbons (Fsp3) is 0.923. The van der Waals surface area contributed by atoms with E-state index in [1.807, 2.05) is 0 Å². The molecule has 0 heterocycles. The maximum absolute atomic E-state index is 11.0. The van der Waals surface area contributed by atoms with E-state index < -0.39 is 0 Å². The van der Waals surface area contributed by atoms with Gasteiger partial charge < -0.3 is 9.64 Å². The van der Waals surface area contributed by atoms with Gasteiger partial charge in [-0.3, -0.25) is 4.79 Å². The zero-order chi connectivity index (χ0) is 11.4. The molecule has 0 amide bonds. The number of hydrogen-bond acceptors (Lipinski definition) is 3. The number of hydrogen-bond donors (Lipinski definition) is 0. The van der Waals surface area contributed by atoms with Gasteiger partial charge in [0.25, 0.3) is 0 Å². The van der Waals surface area contributed by atoms with Crippen molar-refractivity contribution >= 4 is 5.97 Å². The van der Waals surface area contributed by atoms with Crippen molar-refractivity contribution in [1.29, 1.82) is 0 Å². The summed E-state index contributed by atoms with van der Waals surface area (Å²) in [6.07, 6.45) is 7.18. The summed E-state index contributed by atoms with van der Waals surface area (Å²) in [5.74, 6) is 1.84. The number of nitrogens with zero attached hydrogens (tertiary/aromatic N) is 1. The number of carbonyl (C=O) groups excluding carboxylic acids is 1. The quantitative estimate of drug-likeness (QED) is 0.592. The van der Waals surface area contributed by atoms with Gasteiger partial charge in [-0.15, -0.1) is 0 Å². The molecule has 0 radical (unpaired) electrons. The normalized spacial score (nSPS) is 20.1. The van der Waals surface area contributed by atoms with Crippen LogP contribution in [0.5, 0.6) is 0 Å². The number of carbonyl (C=O) groups is 1. The van der Waals surface area contributed by atoms with E-state index in [9.17, 15) is 4.79 Å². The first kappa shape index (κ1) is 11.9. The van der Waals surface area contributed by atoms with Crippen LogP contribution >= 0.6 is 0 Å². The summed E-state index contributed by atoms with van der Waals surface area (Å²) in [5.41, 5.74) is 0. The van der Waals surface area contributed by atoms with Crippen molar-refractivity contribution in [3.63, 3.8) is 0 Å². The van der Waals surface area contributed by atoms with E-state index in [1.165, 1.54) is 45.9 Å². The van der Waals surface area contributed by atoms with E-state index in [-0.39, 0.29) is 5.97 Å². The smallest absolute Gasteiger partial charge is 0.305 e. The molecule has 0 spiro atoms. The van der Waals surface area contributed by atoms with Crippen molar-refractivity contribution in [2.24, 2.45) is 11.8 Å². The van der Waals surface area contributed by atoms with Crippen LogP contribution in [0.15, 0.2) is 0 Å². The fourth-order valence-corrected chi connectivity index (χ4v) is 2.14. The van der Waals surface area contributed by atoms with Gasteiger partial charge in [0.2, 0.25) is 0 Å². The maximum Gasteiger partial charge on any atom is 0.305 e. The van der Waals surface area contributed by atoms with Gasteiger partial charge in [0, 0.05) is 19.5 Å². The summed E-state index contributed by atoms with van der Waals surface area (Å²) >= 11 is 0. The second-order valence-electron chi connectivity index (χ2n) is 5.33. The van der Waals surface area contributed by atoms with Gasteiger partial charge in [0.1, 0.15) is 0 Å². The lowest BCUT2D eigenvalue weighted by molar-refractivity contribution is -0.140. The van der Waals surface area contributed by atoms with Crippen molar-refractivity contribution in [3.8, 4) is 0 Å². The van der Waals surface area contributed by atoms with Gasteiger partial charge >= 0.3 is 5.97 Å². The summed E-state index contributed by atoms with van der Waals surface area (Å²) in [4.78, 5) is 13.6. The monoisotopic (exact) mass is 225 g/mol. The molecule has 3 heteroatoms. The van der Waals surface area contributed by atoms with Crippen LogP contribution < -0.4 is 0 Å². The van der Waals surface area contributed by atoms with Crippen molar-refractivity contribution in [1.82, 2.24) is 4.90 Å². The maximum atomic E-state index is 11.0. The molecule has 2 aliphatic carbocycles. The van der Waals surface area contributed by atoms with Crippen LogP contribution in [0.3, 0.4) is 0 Å². The Morgan fingerprint density at radius 3 is 2.19 bits per heavy atom. The summed E-state index contributed by atoms with van der Waals surface area (Å²) in [5, 5.41) is 0. The molecule has 0 N–H and O–H groups in total. The summed E-state index contributed by atoms with van der Waals surface area (Å²) < 4.78 is 4.66. The van der Waals surface area contributed by atoms with E-state index in [0.29, 0.717) is 6.42 Å². The van der Waals surface area contributed by atoms with Crippen LogP contribution in [0.2, 0.25) is 0 Å². The van der Waals surface area contributed by atoms with Crippen molar-refractivity contribution in [2.45, 2.75) is 38.5 Å². The molecule has 0 aliphatic heterocycles. The van der Waals surface area contributed by atoms with E-state index in [0.717, 1.165) is 24.8 Å². The SMILES string of the molecule is COC(=O)CCCN(CC1CC1)CC1CC1. The highest BCUT2D eigenvalue weighted by Crippen LogP contribution is 2.33. The molecule has 16 heavy (non-hydrogen) atoms. The molecule has 0 saturated heterocycles. The van der Waals surface area contributed by atoms with Gasteiger partial charge in [0.15, 0.2) is 0 Å². The predicted octanol–water partition coefficient (Wildman–Crippen LogP) is 2.06. The van der Waals surface area contributed by atoms with Crippen LogP contribution in [-0.4, -0.2) is 37.6 Å². The lowest BCUT2D eigenvalue weighted by Crippen LogP contribution is -2.29. The van der Waals surface area contributed by atoms with Crippen LogP contribution in [-0.2, 0) is 9.53 Å². The van der Waals surface area contributed by atoms with Gasteiger partial charge in [-0.25, -0.2) is 0 Å². The molecule has 0 aromatic rings. The molecule has 0 aromatic heterocycles. The molecule has 2 fully saturated rings. The molecular formula is C13H23NO2. The van der Waals surface area contributed by atoms with E-state index >= 15 is 0 Å². The fourth-order valence-electron chi connectivity index (χ4n) is 2.14. The highest BCUT2D eigenvalue weighted by Gasteiger charge is 2.28. The summed E-state index contributed by atoms with van der Waals surface area (Å²) in [7, 11) is 1.47. The van der Waals surface area contributed by atoms with Gasteiger partial charge in [0.05, 0.1) is 7.11 Å². The minimum Gasteiger partial charge on any atom is -0.469 e. The lowest BCUT2D eigenvalue weighted by atomic mass is 10.2. The van der Waals surface area contributed by atoms with Crippen molar-refractivity contribution in [2.75, 3.05) is 26.7 Å². The third kappa shape index (κ3) is 4.52. The highest BCUT2D eigenvalue weighted by molar-refractivity contribution is 5.69. The third-order valence-electron chi connectivity index (χ3n) is 3.51. The molecule has 3 nitrogen and oxygen atoms in total. The van der Waals surface area contributed by atoms with Crippen molar-refractivity contribution < 1.29 is 9.53 Å². The Kier molecular flexibility index (Phi) is 4.22. The largest absolute Gasteiger partial charge is 0.469 e. The average Bonchev–Trinajstić information content (AvgIpc) is 3.12. The highest BCUT2D eigenvalue weighted by atomic mass is 16.5. The molecule has 0 bridgehead atoms. The number of rotatable bonds is 8. The molecule has 0 atom stereocenters. The molecule has 2 rings (SSSR count). The van der Waals surface area contributed by atoms with Crippen LogP contribution in [0.25, 0.3) is 0 Å². The Labute approximate surface area is 98.1 Å². The third-order valence-corrected chi connectivity index (χ3v) is 3.51. The first-order valence-electron chi connectivity index (χ1n) is 6.57. The van der Waals surface area contributed by atoms with Crippen molar-refractivity contribution in [3.05, 3.63) is 0 Å².